The van der Waals surface area contributed by atoms with Crippen LogP contribution < -0.4 is 10.2 Å². The average molecular weight is 459 g/mol. The van der Waals surface area contributed by atoms with Crippen LogP contribution in [0.4, 0.5) is 25.2 Å². The van der Waals surface area contributed by atoms with Crippen LogP contribution in [0.15, 0.2) is 18.3 Å². The normalized spacial score (nSPS) is 20.0. The number of hydrogen-bond donors (Lipinski definition) is 1. The van der Waals surface area contributed by atoms with Gasteiger partial charge in [0.1, 0.15) is 5.82 Å². The van der Waals surface area contributed by atoms with Crippen molar-refractivity contribution in [2.75, 3.05) is 30.4 Å². The van der Waals surface area contributed by atoms with E-state index in [0.717, 1.165) is 13.3 Å². The van der Waals surface area contributed by atoms with Crippen LogP contribution in [-0.2, 0) is 21.8 Å². The van der Waals surface area contributed by atoms with Crippen molar-refractivity contribution in [1.82, 2.24) is 24.7 Å². The van der Waals surface area contributed by atoms with Crippen molar-refractivity contribution in [3.63, 3.8) is 0 Å². The maximum Gasteiger partial charge on any atom is 0.412 e. The van der Waals surface area contributed by atoms with Crippen molar-refractivity contribution in [3.8, 4) is 5.82 Å². The van der Waals surface area contributed by atoms with Crippen LogP contribution in [0.5, 0.6) is 0 Å². The number of halogens is 2. The van der Waals surface area contributed by atoms with Gasteiger partial charge in [-0.2, -0.15) is 8.78 Å². The molecule has 174 valence electrons. The lowest BCUT2D eigenvalue weighted by Gasteiger charge is -2.47. The van der Waals surface area contributed by atoms with Crippen LogP contribution in [0.3, 0.4) is 0 Å². The average Bonchev–Trinajstić information content (AvgIpc) is 3.16. The fourth-order valence-electron chi connectivity index (χ4n) is 4.12. The summed E-state index contributed by atoms with van der Waals surface area (Å²) in [5.74, 6) is -2.68. The quantitative estimate of drug-likeness (QED) is 0.621. The van der Waals surface area contributed by atoms with E-state index < -0.39 is 17.8 Å². The van der Waals surface area contributed by atoms with Crippen molar-refractivity contribution in [3.05, 3.63) is 29.8 Å². The Labute approximate surface area is 187 Å². The highest BCUT2D eigenvalue weighted by Gasteiger charge is 2.40. The minimum atomic E-state index is -3.21. The minimum absolute atomic E-state index is 0.147. The molecular weight excluding hydrogens is 436 g/mol. The van der Waals surface area contributed by atoms with Crippen molar-refractivity contribution < 1.29 is 23.0 Å². The number of morpholine rings is 1. The molecule has 3 aliphatic rings. The Bertz CT molecular complexity index is 1210. The van der Waals surface area contributed by atoms with Gasteiger partial charge in [0.2, 0.25) is 5.82 Å². The number of methoxy groups -OCH3 is 1. The Kier molecular flexibility index (Phi) is 5.11. The van der Waals surface area contributed by atoms with E-state index in [9.17, 15) is 13.6 Å². The highest BCUT2D eigenvalue weighted by molar-refractivity contribution is 5.94. The number of anilines is 2. The lowest BCUT2D eigenvalue weighted by Crippen LogP contribution is -2.57. The summed E-state index contributed by atoms with van der Waals surface area (Å²) < 4.78 is 40.1. The third kappa shape index (κ3) is 3.94. The van der Waals surface area contributed by atoms with Crippen LogP contribution in [0.2, 0.25) is 0 Å². The molecular formula is C21H23F2N7O3. The molecule has 6 heterocycles. The first kappa shape index (κ1) is 21.4. The summed E-state index contributed by atoms with van der Waals surface area (Å²) in [6.45, 7) is 3.94. The first-order valence-corrected chi connectivity index (χ1v) is 10.7. The van der Waals surface area contributed by atoms with E-state index in [0.29, 0.717) is 41.9 Å². The Balaban J connectivity index is 1.67. The molecule has 33 heavy (non-hydrogen) atoms. The number of aryl methyl sites for hydroxylation is 1. The molecule has 0 aromatic carbocycles. The van der Waals surface area contributed by atoms with E-state index in [1.807, 2.05) is 6.92 Å². The zero-order valence-electron chi connectivity index (χ0n) is 18.4. The highest BCUT2D eigenvalue weighted by atomic mass is 19.3. The molecule has 3 fully saturated rings. The van der Waals surface area contributed by atoms with Gasteiger partial charge in [0.25, 0.3) is 0 Å². The fourth-order valence-corrected chi connectivity index (χ4v) is 4.12. The molecule has 12 heteroatoms. The van der Waals surface area contributed by atoms with Crippen molar-refractivity contribution in [1.29, 1.82) is 0 Å². The van der Waals surface area contributed by atoms with Crippen molar-refractivity contribution in [2.24, 2.45) is 0 Å². The molecule has 0 radical (unpaired) electrons. The second-order valence-corrected chi connectivity index (χ2v) is 8.24. The Morgan fingerprint density at radius 2 is 2.03 bits per heavy atom. The number of carbonyl (C=O) groups is 1. The van der Waals surface area contributed by atoms with Gasteiger partial charge in [-0.1, -0.05) is 6.92 Å². The minimum Gasteiger partial charge on any atom is -0.453 e. The van der Waals surface area contributed by atoms with Crippen molar-refractivity contribution >= 4 is 28.6 Å². The van der Waals surface area contributed by atoms with E-state index >= 15 is 0 Å². The third-order valence-corrected chi connectivity index (χ3v) is 5.76. The molecule has 2 atom stereocenters. The standard InChI is InChI=1S/C21H23F2N7O3/c1-4-11-5-17(27-19(25-11)21(2,22)23)30-15-7-16(26-20(31)32-3)24-8-14(15)18(28-30)29-9-12-6-13(10-29)33-12/h5,7-8,12-13H,4,6,9-10H2,1-3H3,(H,24,26,31). The molecule has 2 bridgehead atoms. The molecule has 0 spiro atoms. The Hall–Kier alpha value is -3.41. The van der Waals surface area contributed by atoms with Gasteiger partial charge >= 0.3 is 12.0 Å². The number of piperidine rings is 1. The maximum atomic E-state index is 14.1. The summed E-state index contributed by atoms with van der Waals surface area (Å²) in [6.07, 6.45) is 2.68. The largest absolute Gasteiger partial charge is 0.453 e. The second kappa shape index (κ2) is 7.87. The summed E-state index contributed by atoms with van der Waals surface area (Å²) in [4.78, 5) is 26.2. The lowest BCUT2D eigenvalue weighted by molar-refractivity contribution is -0.133. The highest BCUT2D eigenvalue weighted by Crippen LogP contribution is 2.36. The van der Waals surface area contributed by atoms with Crippen LogP contribution in [0.25, 0.3) is 16.7 Å². The number of rotatable bonds is 5. The summed E-state index contributed by atoms with van der Waals surface area (Å²) in [5, 5.41) is 7.97. The lowest BCUT2D eigenvalue weighted by atomic mass is 9.99. The summed E-state index contributed by atoms with van der Waals surface area (Å²) in [5.41, 5.74) is 1.02. The first-order chi connectivity index (χ1) is 15.7. The topological polar surface area (TPSA) is 107 Å². The molecule has 3 aromatic rings. The SMILES string of the molecule is CCc1cc(-n2nc(N3CC4CC(C3)O4)c3cnc(NC(=O)OC)cc32)nc(C(C)(F)F)n1. The zero-order chi connectivity index (χ0) is 23.3. The molecule has 6 rings (SSSR count). The number of alkyl halides is 2. The zero-order valence-corrected chi connectivity index (χ0v) is 18.4. The molecule has 1 amide bonds. The van der Waals surface area contributed by atoms with E-state index in [2.05, 4.69) is 29.9 Å². The fraction of sp³-hybridized carbons (Fsp3) is 0.476. The van der Waals surface area contributed by atoms with Gasteiger partial charge in [-0.25, -0.2) is 24.4 Å². The molecule has 10 nitrogen and oxygen atoms in total. The number of pyridine rings is 1. The van der Waals surface area contributed by atoms with Crippen LogP contribution in [0.1, 0.15) is 31.8 Å². The van der Waals surface area contributed by atoms with Gasteiger partial charge in [0.05, 0.1) is 30.2 Å². The monoisotopic (exact) mass is 459 g/mol. The molecule has 0 saturated carbocycles. The van der Waals surface area contributed by atoms with Gasteiger partial charge < -0.3 is 14.4 Å². The van der Waals surface area contributed by atoms with Gasteiger partial charge in [-0.15, -0.1) is 5.10 Å². The molecule has 2 unspecified atom stereocenters. The van der Waals surface area contributed by atoms with E-state index in [4.69, 9.17) is 9.84 Å². The summed E-state index contributed by atoms with van der Waals surface area (Å²) in [7, 11) is 1.25. The number of aromatic nitrogens is 5. The van der Waals surface area contributed by atoms with Crippen LogP contribution >= 0.6 is 0 Å². The predicted molar refractivity (Wildman–Crippen MR) is 115 cm³/mol. The second-order valence-electron chi connectivity index (χ2n) is 8.24. The number of nitrogens with one attached hydrogen (secondary N) is 1. The van der Waals surface area contributed by atoms with Crippen molar-refractivity contribution in [2.45, 2.75) is 44.8 Å². The van der Waals surface area contributed by atoms with Gasteiger partial charge in [-0.3, -0.25) is 5.32 Å². The van der Waals surface area contributed by atoms with Gasteiger partial charge in [0.15, 0.2) is 11.6 Å². The number of fused-ring (bicyclic) bond motifs is 3. The Morgan fingerprint density at radius 1 is 1.30 bits per heavy atom. The van der Waals surface area contributed by atoms with E-state index in [-0.39, 0.29) is 23.8 Å². The number of carbonyl (C=O) groups excluding carboxylic acids is 1. The first-order valence-electron chi connectivity index (χ1n) is 10.7. The van der Waals surface area contributed by atoms with Gasteiger partial charge in [0, 0.05) is 50.5 Å². The van der Waals surface area contributed by atoms with E-state index in [1.54, 1.807) is 18.3 Å². The molecule has 3 aromatic heterocycles. The number of hydrogen-bond acceptors (Lipinski definition) is 8. The molecule has 3 aliphatic heterocycles. The predicted octanol–water partition coefficient (Wildman–Crippen LogP) is 3.04. The summed E-state index contributed by atoms with van der Waals surface area (Å²) >= 11 is 0. The third-order valence-electron chi connectivity index (χ3n) is 5.76. The molecule has 0 aliphatic carbocycles. The maximum absolute atomic E-state index is 14.1. The molecule has 3 saturated heterocycles. The molecule has 1 N–H and O–H groups in total. The van der Waals surface area contributed by atoms with Crippen LogP contribution in [0, 0.1) is 0 Å². The Morgan fingerprint density at radius 3 is 2.67 bits per heavy atom. The smallest absolute Gasteiger partial charge is 0.412 e. The number of nitrogens with zero attached hydrogens (tertiary/aromatic N) is 6. The van der Waals surface area contributed by atoms with Gasteiger partial charge in [-0.05, 0) is 6.42 Å². The van der Waals surface area contributed by atoms with E-state index in [1.165, 1.54) is 11.8 Å². The van der Waals surface area contributed by atoms with Crippen LogP contribution in [-0.4, -0.2) is 63.2 Å². The number of amides is 1. The number of ether oxygens (including phenoxy) is 2. The summed E-state index contributed by atoms with van der Waals surface area (Å²) in [6, 6.07) is 3.25.